The molecular weight excluding hydrogens is 272 g/mol. The van der Waals surface area contributed by atoms with Crippen molar-refractivity contribution >= 4 is 17.4 Å². The van der Waals surface area contributed by atoms with Crippen molar-refractivity contribution in [3.63, 3.8) is 0 Å². The van der Waals surface area contributed by atoms with E-state index in [9.17, 15) is 4.79 Å². The topological polar surface area (TPSA) is 34.9 Å². The second kappa shape index (κ2) is 5.31. The molecule has 0 aliphatic heterocycles. The van der Waals surface area contributed by atoms with E-state index in [0.29, 0.717) is 16.4 Å². The van der Waals surface area contributed by atoms with Crippen LogP contribution < -0.4 is 0 Å². The van der Waals surface area contributed by atoms with Crippen molar-refractivity contribution in [3.05, 3.63) is 83.4 Å². The summed E-state index contributed by atoms with van der Waals surface area (Å²) in [5, 5.41) is 0.431. The van der Waals surface area contributed by atoms with Gasteiger partial charge in [-0.3, -0.25) is 9.36 Å². The summed E-state index contributed by atoms with van der Waals surface area (Å²) in [6, 6.07) is 16.6. The van der Waals surface area contributed by atoms with E-state index in [1.165, 1.54) is 0 Å². The number of imidazole rings is 1. The summed E-state index contributed by atoms with van der Waals surface area (Å²) < 4.78 is 1.76. The number of nitrogens with zero attached hydrogens (tertiary/aromatic N) is 2. The lowest BCUT2D eigenvalue weighted by molar-refractivity contribution is 0.102. The highest BCUT2D eigenvalue weighted by Gasteiger charge is 2.18. The molecule has 0 aliphatic rings. The fraction of sp³-hybridized carbons (Fsp3) is 0. The number of para-hydroxylation sites is 1. The van der Waals surface area contributed by atoms with Gasteiger partial charge in [0.15, 0.2) is 5.82 Å². The Morgan fingerprint density at radius 2 is 1.70 bits per heavy atom. The molecule has 1 heterocycles. The van der Waals surface area contributed by atoms with Gasteiger partial charge in [0.1, 0.15) is 0 Å². The van der Waals surface area contributed by atoms with Crippen LogP contribution in [0.5, 0.6) is 0 Å². The number of rotatable bonds is 3. The number of halogens is 1. The summed E-state index contributed by atoms with van der Waals surface area (Å²) in [6.45, 7) is 0. The molecular formula is C16H11ClN2O. The molecule has 1 aromatic heterocycles. The number of hydrogen-bond acceptors (Lipinski definition) is 2. The second-order valence-corrected chi connectivity index (χ2v) is 4.67. The summed E-state index contributed by atoms with van der Waals surface area (Å²) >= 11 is 6.08. The first-order valence-corrected chi connectivity index (χ1v) is 6.53. The molecule has 3 aromatic rings. The first-order valence-electron chi connectivity index (χ1n) is 6.15. The second-order valence-electron chi connectivity index (χ2n) is 4.27. The number of benzene rings is 2. The minimum Gasteiger partial charge on any atom is -0.297 e. The molecule has 3 rings (SSSR count). The first kappa shape index (κ1) is 12.6. The Balaban J connectivity index is 2.07. The van der Waals surface area contributed by atoms with E-state index in [2.05, 4.69) is 4.98 Å². The van der Waals surface area contributed by atoms with Crippen LogP contribution in [0.1, 0.15) is 16.2 Å². The molecule has 0 radical (unpaired) electrons. The van der Waals surface area contributed by atoms with Crippen LogP contribution in [0.25, 0.3) is 5.69 Å². The lowest BCUT2D eigenvalue weighted by Crippen LogP contribution is -2.10. The van der Waals surface area contributed by atoms with Crippen molar-refractivity contribution in [2.75, 3.05) is 0 Å². The Bertz CT molecular complexity index is 750. The maximum Gasteiger partial charge on any atom is 0.230 e. The number of carbonyl (C=O) groups is 1. The highest BCUT2D eigenvalue weighted by atomic mass is 35.5. The third kappa shape index (κ3) is 2.24. The minimum atomic E-state index is -0.190. The minimum absolute atomic E-state index is 0.190. The molecule has 20 heavy (non-hydrogen) atoms. The number of carbonyl (C=O) groups excluding carboxylic acids is 1. The Kier molecular flexibility index (Phi) is 3.35. The van der Waals surface area contributed by atoms with Gasteiger partial charge in [0, 0.05) is 23.6 Å². The fourth-order valence-electron chi connectivity index (χ4n) is 2.03. The molecule has 4 heteroatoms. The molecule has 0 saturated heterocycles. The molecule has 0 spiro atoms. The molecule has 0 N–H and O–H groups in total. The molecule has 0 aliphatic carbocycles. The SMILES string of the molecule is O=C(c1ccccc1Cl)c1nccn1-c1ccccc1. The van der Waals surface area contributed by atoms with Crippen LogP contribution in [0.3, 0.4) is 0 Å². The molecule has 2 aromatic carbocycles. The Labute approximate surface area is 121 Å². The van der Waals surface area contributed by atoms with Crippen molar-refractivity contribution < 1.29 is 4.79 Å². The largest absolute Gasteiger partial charge is 0.297 e. The van der Waals surface area contributed by atoms with Crippen LogP contribution >= 0.6 is 11.6 Å². The predicted molar refractivity (Wildman–Crippen MR) is 78.4 cm³/mol. The first-order chi connectivity index (χ1) is 9.77. The quantitative estimate of drug-likeness (QED) is 0.686. The van der Waals surface area contributed by atoms with Gasteiger partial charge in [0.05, 0.1) is 5.02 Å². The monoisotopic (exact) mass is 282 g/mol. The molecule has 0 unspecified atom stereocenters. The lowest BCUT2D eigenvalue weighted by atomic mass is 10.1. The highest BCUT2D eigenvalue weighted by molar-refractivity contribution is 6.34. The van der Waals surface area contributed by atoms with Crippen molar-refractivity contribution in [1.29, 1.82) is 0 Å². The highest BCUT2D eigenvalue weighted by Crippen LogP contribution is 2.20. The molecule has 0 bridgehead atoms. The van der Waals surface area contributed by atoms with E-state index in [1.54, 1.807) is 41.2 Å². The van der Waals surface area contributed by atoms with E-state index >= 15 is 0 Å². The van der Waals surface area contributed by atoms with Crippen LogP contribution in [0, 0.1) is 0 Å². The maximum absolute atomic E-state index is 12.6. The van der Waals surface area contributed by atoms with Gasteiger partial charge in [-0.2, -0.15) is 0 Å². The van der Waals surface area contributed by atoms with Gasteiger partial charge in [0.25, 0.3) is 0 Å². The molecule has 98 valence electrons. The average Bonchev–Trinajstić information content (AvgIpc) is 2.97. The third-order valence-electron chi connectivity index (χ3n) is 3.00. The normalized spacial score (nSPS) is 10.4. The summed E-state index contributed by atoms with van der Waals surface area (Å²) in [4.78, 5) is 16.7. The summed E-state index contributed by atoms with van der Waals surface area (Å²) in [6.07, 6.45) is 3.37. The van der Waals surface area contributed by atoms with E-state index in [0.717, 1.165) is 5.69 Å². The Morgan fingerprint density at radius 3 is 2.45 bits per heavy atom. The summed E-state index contributed by atoms with van der Waals surface area (Å²) in [5.41, 5.74) is 1.35. The summed E-state index contributed by atoms with van der Waals surface area (Å²) in [5.74, 6) is 0.161. The van der Waals surface area contributed by atoms with Crippen molar-refractivity contribution in [2.45, 2.75) is 0 Å². The number of hydrogen-bond donors (Lipinski definition) is 0. The third-order valence-corrected chi connectivity index (χ3v) is 3.33. The smallest absolute Gasteiger partial charge is 0.230 e. The standard InChI is InChI=1S/C16H11ClN2O/c17-14-9-5-4-8-13(14)15(20)16-18-10-11-19(16)12-6-2-1-3-7-12/h1-11H. The predicted octanol–water partition coefficient (Wildman–Crippen LogP) is 3.76. The van der Waals surface area contributed by atoms with E-state index < -0.39 is 0 Å². The Hall–Kier alpha value is -2.39. The van der Waals surface area contributed by atoms with Crippen LogP contribution in [0.15, 0.2) is 67.0 Å². The van der Waals surface area contributed by atoms with Crippen LogP contribution in [0.4, 0.5) is 0 Å². The van der Waals surface area contributed by atoms with Gasteiger partial charge in [-0.15, -0.1) is 0 Å². The molecule has 0 fully saturated rings. The lowest BCUT2D eigenvalue weighted by Gasteiger charge is -2.07. The molecule has 0 amide bonds. The van der Waals surface area contributed by atoms with E-state index in [-0.39, 0.29) is 5.78 Å². The fourth-order valence-corrected chi connectivity index (χ4v) is 2.26. The summed E-state index contributed by atoms with van der Waals surface area (Å²) in [7, 11) is 0. The van der Waals surface area contributed by atoms with E-state index in [1.807, 2.05) is 30.3 Å². The van der Waals surface area contributed by atoms with Gasteiger partial charge in [-0.05, 0) is 24.3 Å². The van der Waals surface area contributed by atoms with E-state index in [4.69, 9.17) is 11.6 Å². The van der Waals surface area contributed by atoms with Crippen LogP contribution in [-0.2, 0) is 0 Å². The zero-order chi connectivity index (χ0) is 13.9. The van der Waals surface area contributed by atoms with Gasteiger partial charge in [-0.25, -0.2) is 4.98 Å². The molecule has 3 nitrogen and oxygen atoms in total. The van der Waals surface area contributed by atoms with Gasteiger partial charge < -0.3 is 0 Å². The molecule has 0 atom stereocenters. The van der Waals surface area contributed by atoms with Gasteiger partial charge in [-0.1, -0.05) is 41.9 Å². The van der Waals surface area contributed by atoms with Crippen LogP contribution in [-0.4, -0.2) is 15.3 Å². The van der Waals surface area contributed by atoms with Crippen molar-refractivity contribution in [3.8, 4) is 5.69 Å². The Morgan fingerprint density at radius 1 is 1.00 bits per heavy atom. The van der Waals surface area contributed by atoms with Crippen molar-refractivity contribution in [2.24, 2.45) is 0 Å². The zero-order valence-corrected chi connectivity index (χ0v) is 11.3. The van der Waals surface area contributed by atoms with Crippen LogP contribution in [0.2, 0.25) is 5.02 Å². The zero-order valence-electron chi connectivity index (χ0n) is 10.5. The maximum atomic E-state index is 12.6. The average molecular weight is 283 g/mol. The van der Waals surface area contributed by atoms with Gasteiger partial charge >= 0.3 is 0 Å². The number of ketones is 1. The van der Waals surface area contributed by atoms with Gasteiger partial charge in [0.2, 0.25) is 5.78 Å². The molecule has 0 saturated carbocycles. The number of aromatic nitrogens is 2. The van der Waals surface area contributed by atoms with Crippen molar-refractivity contribution in [1.82, 2.24) is 9.55 Å².